The minimum atomic E-state index is -0.337. The summed E-state index contributed by atoms with van der Waals surface area (Å²) < 4.78 is 6.89. The van der Waals surface area contributed by atoms with E-state index in [0.717, 1.165) is 5.82 Å². The van der Waals surface area contributed by atoms with Crippen molar-refractivity contribution >= 4 is 5.91 Å². The molecule has 2 aromatic heterocycles. The fraction of sp³-hybridized carbons (Fsp3) is 0.500. The molecule has 0 unspecified atom stereocenters. The van der Waals surface area contributed by atoms with E-state index in [4.69, 9.17) is 4.52 Å². The van der Waals surface area contributed by atoms with Crippen LogP contribution in [0.4, 0.5) is 0 Å². The summed E-state index contributed by atoms with van der Waals surface area (Å²) in [7, 11) is 1.91. The van der Waals surface area contributed by atoms with Crippen LogP contribution in [0.3, 0.4) is 0 Å². The average Bonchev–Trinajstić information content (AvgIpc) is 2.93. The lowest BCUT2D eigenvalue weighted by atomic mass is 10.1. The second-order valence-corrected chi connectivity index (χ2v) is 5.84. The maximum atomic E-state index is 12.6. The summed E-state index contributed by atoms with van der Waals surface area (Å²) in [5.41, 5.74) is -0.0118. The van der Waals surface area contributed by atoms with Crippen LogP contribution in [0.2, 0.25) is 0 Å². The van der Waals surface area contributed by atoms with Crippen molar-refractivity contribution in [2.24, 2.45) is 7.05 Å². The number of carbonyl (C=O) groups excluding carboxylic acids is 1. The van der Waals surface area contributed by atoms with Crippen molar-refractivity contribution in [1.29, 1.82) is 0 Å². The Morgan fingerprint density at radius 2 is 2.15 bits per heavy atom. The lowest BCUT2D eigenvalue weighted by molar-refractivity contribution is 0.0538. The Balaban J connectivity index is 2.29. The molecule has 2 heterocycles. The number of rotatable bonds is 3. The molecule has 2 rings (SSSR count). The first kappa shape index (κ1) is 14.3. The molecule has 0 radical (unpaired) electrons. The van der Waals surface area contributed by atoms with E-state index < -0.39 is 0 Å². The molecule has 0 aliphatic rings. The summed E-state index contributed by atoms with van der Waals surface area (Å²) in [6.07, 6.45) is 3.59. The number of carbonyl (C=O) groups is 1. The van der Waals surface area contributed by atoms with Crippen LogP contribution >= 0.6 is 0 Å². The summed E-state index contributed by atoms with van der Waals surface area (Å²) >= 11 is 0. The Hall–Kier alpha value is -2.11. The highest BCUT2D eigenvalue weighted by Gasteiger charge is 2.30. The van der Waals surface area contributed by atoms with Gasteiger partial charge in [-0.1, -0.05) is 5.16 Å². The Bertz CT molecular complexity index is 607. The molecule has 0 aliphatic carbocycles. The highest BCUT2D eigenvalue weighted by molar-refractivity contribution is 5.92. The summed E-state index contributed by atoms with van der Waals surface area (Å²) in [5, 5.41) is 3.81. The zero-order valence-corrected chi connectivity index (χ0v) is 12.5. The van der Waals surface area contributed by atoms with Crippen molar-refractivity contribution in [1.82, 2.24) is 19.6 Å². The van der Waals surface area contributed by atoms with Crippen molar-refractivity contribution in [3.8, 4) is 0 Å². The number of aromatic nitrogens is 3. The number of aryl methyl sites for hydroxylation is 2. The predicted octanol–water partition coefficient (Wildman–Crippen LogP) is 2.16. The van der Waals surface area contributed by atoms with Crippen LogP contribution in [-0.2, 0) is 13.6 Å². The Kier molecular flexibility index (Phi) is 3.65. The van der Waals surface area contributed by atoms with Gasteiger partial charge in [-0.15, -0.1) is 0 Å². The lowest BCUT2D eigenvalue weighted by Crippen LogP contribution is -2.45. The summed E-state index contributed by atoms with van der Waals surface area (Å²) in [5.74, 6) is 1.30. The molecule has 0 fully saturated rings. The third-order valence-electron chi connectivity index (χ3n) is 3.12. The van der Waals surface area contributed by atoms with Gasteiger partial charge in [-0.05, 0) is 27.7 Å². The largest absolute Gasteiger partial charge is 0.361 e. The molecule has 0 N–H and O–H groups in total. The molecule has 0 atom stereocenters. The topological polar surface area (TPSA) is 64.2 Å². The SMILES string of the molecule is Cc1cc(C(=O)N(Cc2nccn2C)C(C)(C)C)no1. The minimum absolute atomic E-state index is 0.155. The van der Waals surface area contributed by atoms with Gasteiger partial charge >= 0.3 is 0 Å². The molecule has 6 nitrogen and oxygen atoms in total. The smallest absolute Gasteiger partial charge is 0.276 e. The molecule has 0 bridgehead atoms. The van der Waals surface area contributed by atoms with Crippen molar-refractivity contribution in [3.63, 3.8) is 0 Å². The predicted molar refractivity (Wildman–Crippen MR) is 74.1 cm³/mol. The standard InChI is InChI=1S/C14H20N4O2/c1-10-8-11(16-20-10)13(19)18(14(2,3)4)9-12-15-6-7-17(12)5/h6-8H,9H2,1-5H3. The fourth-order valence-corrected chi connectivity index (χ4v) is 1.91. The van der Waals surface area contributed by atoms with Crippen molar-refractivity contribution in [2.75, 3.05) is 0 Å². The quantitative estimate of drug-likeness (QED) is 0.861. The van der Waals surface area contributed by atoms with E-state index >= 15 is 0 Å². The van der Waals surface area contributed by atoms with E-state index in [1.807, 2.05) is 38.6 Å². The van der Waals surface area contributed by atoms with Crippen LogP contribution < -0.4 is 0 Å². The first-order chi connectivity index (χ1) is 9.29. The van der Waals surface area contributed by atoms with Gasteiger partial charge in [0.05, 0.1) is 6.54 Å². The number of amides is 1. The summed E-state index contributed by atoms with van der Waals surface area (Å²) in [6, 6.07) is 1.65. The van der Waals surface area contributed by atoms with Crippen molar-refractivity contribution in [2.45, 2.75) is 39.8 Å². The van der Waals surface area contributed by atoms with Gasteiger partial charge in [-0.2, -0.15) is 0 Å². The van der Waals surface area contributed by atoms with Gasteiger partial charge in [-0.3, -0.25) is 4.79 Å². The normalized spacial score (nSPS) is 11.7. The molecule has 0 saturated carbocycles. The first-order valence-corrected chi connectivity index (χ1v) is 6.50. The zero-order chi connectivity index (χ0) is 14.9. The number of imidazole rings is 1. The van der Waals surface area contributed by atoms with Gasteiger partial charge in [0.25, 0.3) is 5.91 Å². The second kappa shape index (κ2) is 5.11. The maximum absolute atomic E-state index is 12.6. The van der Waals surface area contributed by atoms with Crippen molar-refractivity contribution in [3.05, 3.63) is 35.7 Å². The van der Waals surface area contributed by atoms with Gasteiger partial charge in [0, 0.05) is 31.0 Å². The van der Waals surface area contributed by atoms with E-state index in [9.17, 15) is 4.79 Å². The van der Waals surface area contributed by atoms with Gasteiger partial charge < -0.3 is 14.0 Å². The van der Waals surface area contributed by atoms with Crippen LogP contribution in [0, 0.1) is 6.92 Å². The maximum Gasteiger partial charge on any atom is 0.276 e. The molecule has 0 saturated heterocycles. The molecule has 0 aliphatic heterocycles. The average molecular weight is 276 g/mol. The van der Waals surface area contributed by atoms with Gasteiger partial charge in [0.1, 0.15) is 11.6 Å². The van der Waals surface area contributed by atoms with Crippen LogP contribution in [0.15, 0.2) is 23.0 Å². The Morgan fingerprint density at radius 1 is 1.45 bits per heavy atom. The highest BCUT2D eigenvalue weighted by Crippen LogP contribution is 2.20. The lowest BCUT2D eigenvalue weighted by Gasteiger charge is -2.34. The highest BCUT2D eigenvalue weighted by atomic mass is 16.5. The Morgan fingerprint density at radius 3 is 2.60 bits per heavy atom. The molecule has 2 aromatic rings. The zero-order valence-electron chi connectivity index (χ0n) is 12.5. The van der Waals surface area contributed by atoms with E-state index in [0.29, 0.717) is 18.0 Å². The molecule has 20 heavy (non-hydrogen) atoms. The van der Waals surface area contributed by atoms with E-state index in [-0.39, 0.29) is 11.4 Å². The Labute approximate surface area is 118 Å². The molecular formula is C14H20N4O2. The molecule has 6 heteroatoms. The van der Waals surface area contributed by atoms with Gasteiger partial charge in [-0.25, -0.2) is 4.98 Å². The molecule has 1 amide bonds. The van der Waals surface area contributed by atoms with Crippen LogP contribution in [-0.4, -0.2) is 31.1 Å². The molecule has 108 valence electrons. The summed E-state index contributed by atoms with van der Waals surface area (Å²) in [6.45, 7) is 8.16. The van der Waals surface area contributed by atoms with Crippen LogP contribution in [0.1, 0.15) is 42.8 Å². The van der Waals surface area contributed by atoms with E-state index in [1.165, 1.54) is 0 Å². The third kappa shape index (κ3) is 2.89. The van der Waals surface area contributed by atoms with Gasteiger partial charge in [0.2, 0.25) is 0 Å². The third-order valence-corrected chi connectivity index (χ3v) is 3.12. The van der Waals surface area contributed by atoms with Gasteiger partial charge in [0.15, 0.2) is 5.69 Å². The minimum Gasteiger partial charge on any atom is -0.361 e. The molecule has 0 aromatic carbocycles. The van der Waals surface area contributed by atoms with Crippen molar-refractivity contribution < 1.29 is 9.32 Å². The van der Waals surface area contributed by atoms with Crippen LogP contribution in [0.5, 0.6) is 0 Å². The van der Waals surface area contributed by atoms with Crippen LogP contribution in [0.25, 0.3) is 0 Å². The molecular weight excluding hydrogens is 256 g/mol. The fourth-order valence-electron chi connectivity index (χ4n) is 1.91. The van der Waals surface area contributed by atoms with E-state index in [1.54, 1.807) is 24.1 Å². The number of nitrogens with zero attached hydrogens (tertiary/aromatic N) is 4. The molecule has 0 spiro atoms. The second-order valence-electron chi connectivity index (χ2n) is 5.84. The summed E-state index contributed by atoms with van der Waals surface area (Å²) in [4.78, 5) is 18.6. The number of hydrogen-bond donors (Lipinski definition) is 0. The monoisotopic (exact) mass is 276 g/mol. The number of hydrogen-bond acceptors (Lipinski definition) is 4. The first-order valence-electron chi connectivity index (χ1n) is 6.50. The van der Waals surface area contributed by atoms with E-state index in [2.05, 4.69) is 10.1 Å².